The van der Waals surface area contributed by atoms with E-state index in [2.05, 4.69) is 11.8 Å². The average Bonchev–Trinajstić information content (AvgIpc) is 3.22. The third-order valence-electron chi connectivity index (χ3n) is 4.23. The molecular formula is C15H23N3O. The third kappa shape index (κ3) is 2.96. The smallest absolute Gasteiger partial charge is 0.243 e. The predicted molar refractivity (Wildman–Crippen MR) is 76.3 cm³/mol. The summed E-state index contributed by atoms with van der Waals surface area (Å²) in [5.74, 6) is 0.256. The van der Waals surface area contributed by atoms with Crippen LogP contribution in [0.2, 0.25) is 0 Å². The molecule has 1 aromatic rings. The zero-order valence-electron chi connectivity index (χ0n) is 11.7. The first-order chi connectivity index (χ1) is 8.95. The number of amides is 1. The molecule has 0 aromatic heterocycles. The number of benzene rings is 1. The lowest BCUT2D eigenvalue weighted by atomic mass is 9.89. The largest absolute Gasteiger partial charge is 0.368 e. The molecule has 1 saturated carbocycles. The molecular weight excluding hydrogens is 238 g/mol. The van der Waals surface area contributed by atoms with Crippen LogP contribution in [0.5, 0.6) is 0 Å². The quantitative estimate of drug-likeness (QED) is 0.804. The maximum absolute atomic E-state index is 11.8. The summed E-state index contributed by atoms with van der Waals surface area (Å²) < 4.78 is 0. The van der Waals surface area contributed by atoms with Crippen LogP contribution in [0.25, 0.3) is 0 Å². The van der Waals surface area contributed by atoms with Crippen molar-refractivity contribution in [1.82, 2.24) is 4.90 Å². The number of primary amides is 1. The predicted octanol–water partition coefficient (Wildman–Crippen LogP) is 1.06. The van der Waals surface area contributed by atoms with E-state index in [1.807, 2.05) is 37.4 Å². The van der Waals surface area contributed by atoms with Crippen LogP contribution in [0.3, 0.4) is 0 Å². The Morgan fingerprint density at radius 3 is 2.47 bits per heavy atom. The van der Waals surface area contributed by atoms with Crippen LogP contribution >= 0.6 is 0 Å². The molecule has 0 radical (unpaired) electrons. The van der Waals surface area contributed by atoms with Crippen molar-refractivity contribution in [2.45, 2.75) is 31.3 Å². The van der Waals surface area contributed by atoms with E-state index in [0.717, 1.165) is 11.5 Å². The summed E-state index contributed by atoms with van der Waals surface area (Å²) in [6, 6.07) is 9.82. The highest BCUT2D eigenvalue weighted by molar-refractivity contribution is 5.86. The Kier molecular flexibility index (Phi) is 3.92. The summed E-state index contributed by atoms with van der Waals surface area (Å²) in [6.45, 7) is 2.63. The lowest BCUT2D eigenvalue weighted by Gasteiger charge is -2.34. The third-order valence-corrected chi connectivity index (χ3v) is 4.23. The van der Waals surface area contributed by atoms with Crippen molar-refractivity contribution in [2.75, 3.05) is 13.6 Å². The highest BCUT2D eigenvalue weighted by Crippen LogP contribution is 2.35. The fourth-order valence-electron chi connectivity index (χ4n) is 2.52. The molecule has 19 heavy (non-hydrogen) atoms. The molecule has 4 nitrogen and oxygen atoms in total. The fraction of sp³-hybridized carbons (Fsp3) is 0.533. The molecule has 2 rings (SSSR count). The summed E-state index contributed by atoms with van der Waals surface area (Å²) >= 11 is 0. The Morgan fingerprint density at radius 2 is 2.00 bits per heavy atom. The second-order valence-electron chi connectivity index (χ2n) is 5.69. The van der Waals surface area contributed by atoms with Crippen molar-refractivity contribution in [3.63, 3.8) is 0 Å². The van der Waals surface area contributed by atoms with Crippen molar-refractivity contribution in [3.05, 3.63) is 35.9 Å². The van der Waals surface area contributed by atoms with Gasteiger partial charge in [0.05, 0.1) is 0 Å². The normalized spacial score (nSPS) is 20.0. The standard InChI is InChI=1S/C15H23N3O/c1-11(12-8-9-12)18(2)10-15(17,14(16)19)13-6-4-3-5-7-13/h3-7,11-12H,8-10,17H2,1-2H3,(H2,16,19). The van der Waals surface area contributed by atoms with Gasteiger partial charge < -0.3 is 16.4 Å². The molecule has 1 aliphatic carbocycles. The van der Waals surface area contributed by atoms with Gasteiger partial charge in [0.1, 0.15) is 5.54 Å². The van der Waals surface area contributed by atoms with E-state index < -0.39 is 11.4 Å². The van der Waals surface area contributed by atoms with Gasteiger partial charge in [0.15, 0.2) is 0 Å². The van der Waals surface area contributed by atoms with Crippen molar-refractivity contribution < 1.29 is 4.79 Å². The Labute approximate surface area is 114 Å². The fourth-order valence-corrected chi connectivity index (χ4v) is 2.52. The number of nitrogens with zero attached hydrogens (tertiary/aromatic N) is 1. The zero-order chi connectivity index (χ0) is 14.0. The zero-order valence-corrected chi connectivity index (χ0v) is 11.7. The molecule has 1 amide bonds. The molecule has 1 aliphatic rings. The minimum Gasteiger partial charge on any atom is -0.368 e. The number of rotatable bonds is 6. The Bertz CT molecular complexity index is 444. The summed E-state index contributed by atoms with van der Waals surface area (Å²) in [5.41, 5.74) is 11.5. The second kappa shape index (κ2) is 5.31. The molecule has 1 fully saturated rings. The van der Waals surface area contributed by atoms with Crippen LogP contribution in [-0.4, -0.2) is 30.4 Å². The molecule has 0 aliphatic heterocycles. The van der Waals surface area contributed by atoms with Crippen LogP contribution in [-0.2, 0) is 10.3 Å². The summed E-state index contributed by atoms with van der Waals surface area (Å²) in [5, 5.41) is 0. The van der Waals surface area contributed by atoms with Gasteiger partial charge in [-0.3, -0.25) is 4.79 Å². The Morgan fingerprint density at radius 1 is 1.42 bits per heavy atom. The number of hydrogen-bond donors (Lipinski definition) is 2. The van der Waals surface area contributed by atoms with E-state index >= 15 is 0 Å². The number of hydrogen-bond acceptors (Lipinski definition) is 3. The molecule has 0 bridgehead atoms. The minimum absolute atomic E-state index is 0.436. The molecule has 0 heterocycles. The number of carbonyl (C=O) groups excluding carboxylic acids is 1. The van der Waals surface area contributed by atoms with E-state index in [1.54, 1.807) is 0 Å². The van der Waals surface area contributed by atoms with Gasteiger partial charge in [-0.05, 0) is 38.3 Å². The van der Waals surface area contributed by atoms with Gasteiger partial charge >= 0.3 is 0 Å². The van der Waals surface area contributed by atoms with Gasteiger partial charge in [-0.25, -0.2) is 0 Å². The maximum atomic E-state index is 11.8. The highest BCUT2D eigenvalue weighted by Gasteiger charge is 2.38. The highest BCUT2D eigenvalue weighted by atomic mass is 16.1. The molecule has 2 atom stereocenters. The van der Waals surface area contributed by atoms with Crippen LogP contribution in [0.4, 0.5) is 0 Å². The van der Waals surface area contributed by atoms with Crippen LogP contribution in [0.15, 0.2) is 30.3 Å². The van der Waals surface area contributed by atoms with Crippen molar-refractivity contribution in [2.24, 2.45) is 17.4 Å². The SMILES string of the molecule is CC(C1CC1)N(C)CC(N)(C(N)=O)c1ccccc1. The maximum Gasteiger partial charge on any atom is 0.243 e. The van der Waals surface area contributed by atoms with E-state index in [4.69, 9.17) is 11.5 Å². The summed E-state index contributed by atoms with van der Waals surface area (Å²) in [7, 11) is 2.01. The molecule has 0 spiro atoms. The molecule has 4 N–H and O–H groups in total. The monoisotopic (exact) mass is 261 g/mol. The van der Waals surface area contributed by atoms with E-state index in [1.165, 1.54) is 12.8 Å². The van der Waals surface area contributed by atoms with Gasteiger partial charge in [0.2, 0.25) is 5.91 Å². The van der Waals surface area contributed by atoms with Crippen LogP contribution in [0, 0.1) is 5.92 Å². The van der Waals surface area contributed by atoms with Crippen molar-refractivity contribution in [1.29, 1.82) is 0 Å². The Balaban J connectivity index is 2.17. The topological polar surface area (TPSA) is 72.3 Å². The minimum atomic E-state index is -1.13. The lowest BCUT2D eigenvalue weighted by molar-refractivity contribution is -0.124. The van der Waals surface area contributed by atoms with E-state index in [9.17, 15) is 4.79 Å². The summed E-state index contributed by atoms with van der Waals surface area (Å²) in [4.78, 5) is 14.0. The number of carbonyl (C=O) groups is 1. The lowest BCUT2D eigenvalue weighted by Crippen LogP contribution is -2.57. The first-order valence-electron chi connectivity index (χ1n) is 6.79. The van der Waals surface area contributed by atoms with Gasteiger partial charge in [-0.2, -0.15) is 0 Å². The Hall–Kier alpha value is -1.39. The average molecular weight is 261 g/mol. The molecule has 104 valence electrons. The van der Waals surface area contributed by atoms with Crippen LogP contribution in [0.1, 0.15) is 25.3 Å². The van der Waals surface area contributed by atoms with Crippen molar-refractivity contribution >= 4 is 5.91 Å². The first-order valence-corrected chi connectivity index (χ1v) is 6.79. The van der Waals surface area contributed by atoms with Gasteiger partial charge in [0.25, 0.3) is 0 Å². The summed E-state index contributed by atoms with van der Waals surface area (Å²) in [6.07, 6.45) is 2.54. The number of nitrogens with two attached hydrogens (primary N) is 2. The molecule has 4 heteroatoms. The van der Waals surface area contributed by atoms with Crippen LogP contribution < -0.4 is 11.5 Å². The number of likely N-dealkylation sites (N-methyl/N-ethyl adjacent to an activating group) is 1. The van der Waals surface area contributed by atoms with Gasteiger partial charge in [-0.1, -0.05) is 30.3 Å². The van der Waals surface area contributed by atoms with E-state index in [-0.39, 0.29) is 0 Å². The molecule has 1 aromatic carbocycles. The van der Waals surface area contributed by atoms with Crippen molar-refractivity contribution in [3.8, 4) is 0 Å². The first kappa shape index (κ1) is 14.0. The second-order valence-corrected chi connectivity index (χ2v) is 5.69. The van der Waals surface area contributed by atoms with E-state index in [0.29, 0.717) is 12.6 Å². The molecule has 2 unspecified atom stereocenters. The molecule has 0 saturated heterocycles. The van der Waals surface area contributed by atoms with Gasteiger partial charge in [0, 0.05) is 12.6 Å². The van der Waals surface area contributed by atoms with Gasteiger partial charge in [-0.15, -0.1) is 0 Å².